The first kappa shape index (κ1) is 12.9. The molecule has 0 aliphatic carbocycles. The molecule has 0 saturated carbocycles. The number of hydrogen-bond acceptors (Lipinski definition) is 3. The summed E-state index contributed by atoms with van der Waals surface area (Å²) in [6.45, 7) is 5.57. The van der Waals surface area contributed by atoms with Crippen molar-refractivity contribution >= 4 is 0 Å². The van der Waals surface area contributed by atoms with Gasteiger partial charge in [-0.05, 0) is 26.2 Å². The molecule has 0 rings (SSSR count). The highest BCUT2D eigenvalue weighted by molar-refractivity contribution is 4.65. The van der Waals surface area contributed by atoms with Crippen LogP contribution in [0.15, 0.2) is 0 Å². The van der Waals surface area contributed by atoms with E-state index in [1.54, 1.807) is 13.8 Å². The molecular weight excluding hydrogens is 168 g/mol. The fraction of sp³-hybridized carbons (Fsp3) is 1.00. The normalized spacial score (nSPS) is 15.0. The molecule has 1 unspecified atom stereocenters. The molecule has 0 heterocycles. The van der Waals surface area contributed by atoms with E-state index in [0.29, 0.717) is 12.3 Å². The minimum atomic E-state index is -1.20. The molecule has 0 aromatic heterocycles. The van der Waals surface area contributed by atoms with Crippen LogP contribution in [-0.2, 0) is 0 Å². The minimum Gasteiger partial charge on any atom is -0.390 e. The first-order chi connectivity index (χ1) is 5.81. The lowest BCUT2D eigenvalue weighted by Gasteiger charge is -2.18. The van der Waals surface area contributed by atoms with Crippen molar-refractivity contribution in [3.8, 4) is 0 Å². The Balaban J connectivity index is 3.42. The molecule has 0 radical (unpaired) electrons. The van der Waals surface area contributed by atoms with Gasteiger partial charge >= 0.3 is 0 Å². The fourth-order valence-corrected chi connectivity index (χ4v) is 1.36. The summed E-state index contributed by atoms with van der Waals surface area (Å²) in [5.41, 5.74) is -0.600. The Bertz CT molecular complexity index is 127. The van der Waals surface area contributed by atoms with Crippen molar-refractivity contribution in [1.29, 1.82) is 0 Å². The maximum Gasteiger partial charge on any atom is 0.151 e. The Hall–Kier alpha value is -0.120. The predicted octanol–water partition coefficient (Wildman–Crippen LogP) is 1.26. The lowest BCUT2D eigenvalue weighted by molar-refractivity contribution is -0.0554. The lowest BCUT2D eigenvalue weighted by atomic mass is 9.95. The van der Waals surface area contributed by atoms with Gasteiger partial charge in [-0.1, -0.05) is 19.8 Å². The van der Waals surface area contributed by atoms with Crippen LogP contribution >= 0.6 is 0 Å². The Morgan fingerprint density at radius 2 is 1.77 bits per heavy atom. The zero-order valence-electron chi connectivity index (χ0n) is 8.82. The Morgan fingerprint density at radius 3 is 2.15 bits per heavy atom. The monoisotopic (exact) mass is 190 g/mol. The molecule has 80 valence electrons. The molecule has 3 heteroatoms. The van der Waals surface area contributed by atoms with E-state index in [0.717, 1.165) is 19.3 Å². The summed E-state index contributed by atoms with van der Waals surface area (Å²) in [5.74, 6) is 0.308. The molecule has 13 heavy (non-hydrogen) atoms. The van der Waals surface area contributed by atoms with Crippen LogP contribution in [-0.4, -0.2) is 27.2 Å². The molecule has 0 aromatic rings. The van der Waals surface area contributed by atoms with Crippen molar-refractivity contribution in [2.75, 3.05) is 0 Å². The number of hydrogen-bond donors (Lipinski definition) is 3. The molecule has 0 aromatic carbocycles. The number of rotatable bonds is 6. The lowest BCUT2D eigenvalue weighted by Crippen LogP contribution is -2.18. The van der Waals surface area contributed by atoms with Gasteiger partial charge in [0.15, 0.2) is 6.29 Å². The molecule has 0 spiro atoms. The summed E-state index contributed by atoms with van der Waals surface area (Å²) in [5, 5.41) is 26.8. The molecule has 0 aliphatic heterocycles. The van der Waals surface area contributed by atoms with E-state index in [1.807, 2.05) is 6.92 Å². The van der Waals surface area contributed by atoms with Crippen LogP contribution in [0.25, 0.3) is 0 Å². The van der Waals surface area contributed by atoms with Gasteiger partial charge in [-0.2, -0.15) is 0 Å². The highest BCUT2D eigenvalue weighted by Crippen LogP contribution is 2.18. The largest absolute Gasteiger partial charge is 0.390 e. The average Bonchev–Trinajstić information content (AvgIpc) is 1.81. The zero-order chi connectivity index (χ0) is 10.5. The van der Waals surface area contributed by atoms with Gasteiger partial charge in [0.2, 0.25) is 0 Å². The second-order valence-corrected chi connectivity index (χ2v) is 4.53. The topological polar surface area (TPSA) is 60.7 Å². The summed E-state index contributed by atoms with van der Waals surface area (Å²) < 4.78 is 0. The number of aliphatic hydroxyl groups excluding tert-OH is 1. The second kappa shape index (κ2) is 5.58. The summed E-state index contributed by atoms with van der Waals surface area (Å²) in [6, 6.07) is 0. The first-order valence-corrected chi connectivity index (χ1v) is 4.90. The molecule has 1 atom stereocenters. The van der Waals surface area contributed by atoms with Crippen LogP contribution in [0, 0.1) is 5.92 Å². The van der Waals surface area contributed by atoms with E-state index < -0.39 is 11.9 Å². The summed E-state index contributed by atoms with van der Waals surface area (Å²) >= 11 is 0. The average molecular weight is 190 g/mol. The van der Waals surface area contributed by atoms with Crippen molar-refractivity contribution in [2.24, 2.45) is 5.92 Å². The molecule has 3 nitrogen and oxygen atoms in total. The third-order valence-corrected chi connectivity index (χ3v) is 2.10. The second-order valence-electron chi connectivity index (χ2n) is 4.53. The van der Waals surface area contributed by atoms with E-state index in [1.165, 1.54) is 0 Å². The maximum absolute atomic E-state index is 9.41. The van der Waals surface area contributed by atoms with Crippen LogP contribution < -0.4 is 0 Å². The van der Waals surface area contributed by atoms with Gasteiger partial charge in [-0.3, -0.25) is 0 Å². The van der Waals surface area contributed by atoms with Gasteiger partial charge < -0.3 is 15.3 Å². The van der Waals surface area contributed by atoms with Crippen molar-refractivity contribution in [1.82, 2.24) is 0 Å². The van der Waals surface area contributed by atoms with Gasteiger partial charge in [-0.25, -0.2) is 0 Å². The van der Waals surface area contributed by atoms with E-state index in [-0.39, 0.29) is 0 Å². The Labute approximate surface area is 80.4 Å². The molecule has 3 N–H and O–H groups in total. The van der Waals surface area contributed by atoms with Gasteiger partial charge in [-0.15, -0.1) is 0 Å². The smallest absolute Gasteiger partial charge is 0.151 e. The highest BCUT2D eigenvalue weighted by atomic mass is 16.5. The van der Waals surface area contributed by atoms with Crippen molar-refractivity contribution in [2.45, 2.75) is 58.3 Å². The molecular formula is C10H22O3. The maximum atomic E-state index is 9.41. The van der Waals surface area contributed by atoms with E-state index in [2.05, 4.69) is 0 Å². The zero-order valence-corrected chi connectivity index (χ0v) is 8.82. The third-order valence-electron chi connectivity index (χ3n) is 2.10. The summed E-state index contributed by atoms with van der Waals surface area (Å²) in [7, 11) is 0. The fourth-order valence-electron chi connectivity index (χ4n) is 1.36. The SMILES string of the molecule is CC(CCCC(C)(C)O)CC(O)O. The molecule has 0 saturated heterocycles. The van der Waals surface area contributed by atoms with Gasteiger partial charge in [0.05, 0.1) is 5.60 Å². The van der Waals surface area contributed by atoms with Crippen molar-refractivity contribution < 1.29 is 15.3 Å². The first-order valence-electron chi connectivity index (χ1n) is 4.90. The molecule has 0 aliphatic rings. The van der Waals surface area contributed by atoms with E-state index in [4.69, 9.17) is 10.2 Å². The van der Waals surface area contributed by atoms with Crippen LogP contribution in [0.5, 0.6) is 0 Å². The van der Waals surface area contributed by atoms with Crippen LogP contribution in [0.1, 0.15) is 46.5 Å². The minimum absolute atomic E-state index is 0.308. The quantitative estimate of drug-likeness (QED) is 0.553. The third kappa shape index (κ3) is 9.80. The molecule has 0 amide bonds. The van der Waals surface area contributed by atoms with Crippen LogP contribution in [0.2, 0.25) is 0 Å². The Kier molecular flexibility index (Phi) is 5.53. The predicted molar refractivity (Wildman–Crippen MR) is 52.2 cm³/mol. The highest BCUT2D eigenvalue weighted by Gasteiger charge is 2.13. The van der Waals surface area contributed by atoms with Crippen molar-refractivity contribution in [3.63, 3.8) is 0 Å². The number of aliphatic hydroxyl groups is 3. The van der Waals surface area contributed by atoms with Crippen molar-refractivity contribution in [3.05, 3.63) is 0 Å². The van der Waals surface area contributed by atoms with Gasteiger partial charge in [0, 0.05) is 6.42 Å². The standard InChI is InChI=1S/C10H22O3/c1-8(7-9(11)12)5-4-6-10(2,3)13/h8-9,11-13H,4-7H2,1-3H3. The van der Waals surface area contributed by atoms with E-state index >= 15 is 0 Å². The van der Waals surface area contributed by atoms with Gasteiger partial charge in [0.25, 0.3) is 0 Å². The van der Waals surface area contributed by atoms with Gasteiger partial charge in [0.1, 0.15) is 0 Å². The molecule has 0 fully saturated rings. The Morgan fingerprint density at radius 1 is 1.23 bits per heavy atom. The summed E-state index contributed by atoms with van der Waals surface area (Å²) in [6.07, 6.45) is 1.85. The summed E-state index contributed by atoms with van der Waals surface area (Å²) in [4.78, 5) is 0. The molecule has 0 bridgehead atoms. The van der Waals surface area contributed by atoms with Crippen LogP contribution in [0.3, 0.4) is 0 Å². The van der Waals surface area contributed by atoms with Crippen LogP contribution in [0.4, 0.5) is 0 Å². The van der Waals surface area contributed by atoms with E-state index in [9.17, 15) is 5.11 Å².